The topological polar surface area (TPSA) is 12.5 Å². The van der Waals surface area contributed by atoms with Crippen LogP contribution >= 0.6 is 15.9 Å². The number of rotatable bonds is 5. The van der Waals surface area contributed by atoms with Gasteiger partial charge in [0, 0.05) is 17.9 Å². The number of aryl methyl sites for hydroxylation is 1. The maximum Gasteiger partial charge on any atom is 0.0630 e. The van der Waals surface area contributed by atoms with E-state index in [9.17, 15) is 0 Å². The first-order valence-electron chi connectivity index (χ1n) is 6.32. The second kappa shape index (κ2) is 7.14. The molecule has 0 N–H and O–H groups in total. The summed E-state index contributed by atoms with van der Waals surface area (Å²) < 4.78 is 5.50. The van der Waals surface area contributed by atoms with E-state index >= 15 is 0 Å². The van der Waals surface area contributed by atoms with Gasteiger partial charge in [0.2, 0.25) is 0 Å². The number of ether oxygens (including phenoxy) is 1. The van der Waals surface area contributed by atoms with Crippen molar-refractivity contribution in [3.05, 3.63) is 35.9 Å². The van der Waals surface area contributed by atoms with Crippen molar-refractivity contribution in [3.63, 3.8) is 0 Å². The number of hydrogen-bond donors (Lipinski definition) is 0. The quantitative estimate of drug-likeness (QED) is 0.775. The lowest BCUT2D eigenvalue weighted by Gasteiger charge is -2.34. The first kappa shape index (κ1) is 13.1. The van der Waals surface area contributed by atoms with Gasteiger partial charge in [-0.25, -0.2) is 0 Å². The molecule has 17 heavy (non-hydrogen) atoms. The summed E-state index contributed by atoms with van der Waals surface area (Å²) in [5.74, 6) is 0. The summed E-state index contributed by atoms with van der Waals surface area (Å²) in [5.41, 5.74) is 1.44. The number of alkyl halides is 1. The second-order valence-corrected chi connectivity index (χ2v) is 5.16. The average molecular weight is 298 g/mol. The van der Waals surface area contributed by atoms with Crippen molar-refractivity contribution in [1.29, 1.82) is 0 Å². The molecule has 1 unspecified atom stereocenters. The molecule has 1 aromatic carbocycles. The normalized spacial score (nSPS) is 21.6. The number of morpholine rings is 1. The van der Waals surface area contributed by atoms with E-state index < -0.39 is 0 Å². The maximum atomic E-state index is 5.50. The van der Waals surface area contributed by atoms with Crippen molar-refractivity contribution in [3.8, 4) is 0 Å². The van der Waals surface area contributed by atoms with Gasteiger partial charge in [-0.15, -0.1) is 0 Å². The number of nitrogens with zero attached hydrogens (tertiary/aromatic N) is 1. The van der Waals surface area contributed by atoms with Crippen LogP contribution in [0.2, 0.25) is 0 Å². The molecule has 0 spiro atoms. The smallest absolute Gasteiger partial charge is 0.0630 e. The second-order valence-electron chi connectivity index (χ2n) is 4.51. The minimum atomic E-state index is 0.555. The highest BCUT2D eigenvalue weighted by atomic mass is 79.9. The van der Waals surface area contributed by atoms with Gasteiger partial charge in [0.05, 0.1) is 13.2 Å². The van der Waals surface area contributed by atoms with E-state index in [-0.39, 0.29) is 0 Å². The zero-order valence-electron chi connectivity index (χ0n) is 10.1. The molecular formula is C14H20BrNO. The summed E-state index contributed by atoms with van der Waals surface area (Å²) in [7, 11) is 0. The van der Waals surface area contributed by atoms with Crippen LogP contribution in [-0.2, 0) is 11.2 Å². The zero-order valence-corrected chi connectivity index (χ0v) is 11.7. The number of benzene rings is 1. The predicted molar refractivity (Wildman–Crippen MR) is 74.7 cm³/mol. The van der Waals surface area contributed by atoms with Crippen molar-refractivity contribution < 1.29 is 4.74 Å². The standard InChI is InChI=1S/C14H20BrNO/c15-11-14-12-17-10-9-16(14)8-4-7-13-5-2-1-3-6-13/h1-3,5-6,14H,4,7-12H2. The van der Waals surface area contributed by atoms with Crippen molar-refractivity contribution in [1.82, 2.24) is 4.90 Å². The molecule has 1 aromatic rings. The molecule has 0 radical (unpaired) electrons. The van der Waals surface area contributed by atoms with Gasteiger partial charge in [-0.3, -0.25) is 4.90 Å². The van der Waals surface area contributed by atoms with E-state index in [0.29, 0.717) is 6.04 Å². The lowest BCUT2D eigenvalue weighted by Crippen LogP contribution is -2.46. The number of hydrogen-bond acceptors (Lipinski definition) is 2. The Balaban J connectivity index is 1.74. The summed E-state index contributed by atoms with van der Waals surface area (Å²) in [6.45, 7) is 4.00. The minimum absolute atomic E-state index is 0.555. The third-order valence-corrected chi connectivity index (χ3v) is 4.03. The van der Waals surface area contributed by atoms with Gasteiger partial charge in [-0.2, -0.15) is 0 Å². The highest BCUT2D eigenvalue weighted by Crippen LogP contribution is 2.11. The summed E-state index contributed by atoms with van der Waals surface area (Å²) in [6, 6.07) is 11.3. The maximum absolute atomic E-state index is 5.50. The van der Waals surface area contributed by atoms with Gasteiger partial charge in [-0.05, 0) is 24.9 Å². The Morgan fingerprint density at radius 2 is 2.12 bits per heavy atom. The van der Waals surface area contributed by atoms with E-state index in [1.54, 1.807) is 0 Å². The largest absolute Gasteiger partial charge is 0.378 e. The third kappa shape index (κ3) is 4.09. The molecule has 1 fully saturated rings. The van der Waals surface area contributed by atoms with Crippen LogP contribution < -0.4 is 0 Å². The van der Waals surface area contributed by atoms with E-state index in [4.69, 9.17) is 4.74 Å². The molecule has 1 saturated heterocycles. The van der Waals surface area contributed by atoms with E-state index in [1.165, 1.54) is 24.9 Å². The molecule has 0 aromatic heterocycles. The van der Waals surface area contributed by atoms with Crippen LogP contribution in [0.15, 0.2) is 30.3 Å². The van der Waals surface area contributed by atoms with Gasteiger partial charge in [0.25, 0.3) is 0 Å². The minimum Gasteiger partial charge on any atom is -0.378 e. The summed E-state index contributed by atoms with van der Waals surface area (Å²) >= 11 is 3.57. The average Bonchev–Trinajstić information content (AvgIpc) is 2.40. The van der Waals surface area contributed by atoms with Crippen molar-refractivity contribution in [2.45, 2.75) is 18.9 Å². The Hall–Kier alpha value is -0.380. The summed E-state index contributed by atoms with van der Waals surface area (Å²) in [4.78, 5) is 2.54. The van der Waals surface area contributed by atoms with Gasteiger partial charge >= 0.3 is 0 Å². The Bertz CT molecular complexity index is 317. The van der Waals surface area contributed by atoms with Crippen molar-refractivity contribution in [2.75, 3.05) is 31.6 Å². The van der Waals surface area contributed by atoms with Crippen LogP contribution in [0.5, 0.6) is 0 Å². The highest BCUT2D eigenvalue weighted by Gasteiger charge is 2.20. The van der Waals surface area contributed by atoms with Crippen LogP contribution in [0.1, 0.15) is 12.0 Å². The molecule has 1 aliphatic heterocycles. The predicted octanol–water partition coefficient (Wildman–Crippen LogP) is 2.71. The van der Waals surface area contributed by atoms with Crippen LogP contribution in [-0.4, -0.2) is 42.6 Å². The van der Waals surface area contributed by atoms with Crippen molar-refractivity contribution in [2.24, 2.45) is 0 Å². The fraction of sp³-hybridized carbons (Fsp3) is 0.571. The zero-order chi connectivity index (χ0) is 11.9. The summed E-state index contributed by atoms with van der Waals surface area (Å²) in [6.07, 6.45) is 2.40. The Morgan fingerprint density at radius 1 is 1.29 bits per heavy atom. The van der Waals surface area contributed by atoms with Crippen LogP contribution in [0.25, 0.3) is 0 Å². The van der Waals surface area contributed by atoms with Crippen LogP contribution in [0, 0.1) is 0 Å². The molecule has 0 bridgehead atoms. The molecule has 1 aliphatic rings. The Morgan fingerprint density at radius 3 is 2.88 bits per heavy atom. The van der Waals surface area contributed by atoms with Crippen LogP contribution in [0.3, 0.4) is 0 Å². The van der Waals surface area contributed by atoms with E-state index in [0.717, 1.165) is 25.1 Å². The lowest BCUT2D eigenvalue weighted by atomic mass is 10.1. The van der Waals surface area contributed by atoms with E-state index in [2.05, 4.69) is 51.2 Å². The summed E-state index contributed by atoms with van der Waals surface area (Å²) in [5, 5.41) is 1.01. The molecule has 2 nitrogen and oxygen atoms in total. The molecular weight excluding hydrogens is 278 g/mol. The molecule has 0 aliphatic carbocycles. The van der Waals surface area contributed by atoms with Gasteiger partial charge in [0.1, 0.15) is 0 Å². The highest BCUT2D eigenvalue weighted by molar-refractivity contribution is 9.09. The monoisotopic (exact) mass is 297 g/mol. The van der Waals surface area contributed by atoms with Crippen LogP contribution in [0.4, 0.5) is 0 Å². The molecule has 94 valence electrons. The molecule has 2 rings (SSSR count). The van der Waals surface area contributed by atoms with Gasteiger partial charge in [0.15, 0.2) is 0 Å². The fourth-order valence-corrected chi connectivity index (χ4v) is 2.85. The molecule has 0 saturated carbocycles. The Kier molecular flexibility index (Phi) is 5.49. The van der Waals surface area contributed by atoms with Gasteiger partial charge in [-0.1, -0.05) is 46.3 Å². The molecule has 0 amide bonds. The fourth-order valence-electron chi connectivity index (χ4n) is 2.26. The number of halogens is 1. The first-order valence-corrected chi connectivity index (χ1v) is 7.44. The Labute approximate surface area is 112 Å². The molecule has 1 atom stereocenters. The molecule has 3 heteroatoms. The lowest BCUT2D eigenvalue weighted by molar-refractivity contribution is 0.00162. The SMILES string of the molecule is BrCC1COCCN1CCCc1ccccc1. The van der Waals surface area contributed by atoms with Gasteiger partial charge < -0.3 is 4.74 Å². The van der Waals surface area contributed by atoms with E-state index in [1.807, 2.05) is 0 Å². The van der Waals surface area contributed by atoms with Crippen molar-refractivity contribution >= 4 is 15.9 Å². The third-order valence-electron chi connectivity index (χ3n) is 3.28. The molecule has 1 heterocycles. The first-order chi connectivity index (χ1) is 8.40.